The number of aliphatic imine (C=N–C) groups is 1. The smallest absolute Gasteiger partial charge is 0.251 e. The van der Waals surface area contributed by atoms with Crippen molar-refractivity contribution in [1.82, 2.24) is 16.0 Å². The molecular weight excluding hydrogens is 495 g/mol. The van der Waals surface area contributed by atoms with E-state index in [2.05, 4.69) is 20.9 Å². The normalized spacial score (nSPS) is 10.6. The van der Waals surface area contributed by atoms with Crippen molar-refractivity contribution in [3.05, 3.63) is 59.7 Å². The number of guanidine groups is 1. The monoisotopic (exact) mass is 526 g/mol. The molecule has 0 aliphatic carbocycles. The molecule has 2 rings (SSSR count). The van der Waals surface area contributed by atoms with E-state index in [0.717, 1.165) is 36.0 Å². The van der Waals surface area contributed by atoms with E-state index in [-0.39, 0.29) is 29.9 Å². The van der Waals surface area contributed by atoms with Gasteiger partial charge in [-0.05, 0) is 43.2 Å². The number of halogens is 1. The molecule has 0 aromatic heterocycles. The number of hydrogen-bond donors (Lipinski definition) is 3. The number of benzene rings is 2. The van der Waals surface area contributed by atoms with Gasteiger partial charge in [-0.15, -0.1) is 24.0 Å². The second-order valence-electron chi connectivity index (χ2n) is 6.24. The molecule has 1 amide bonds. The number of amides is 1. The average molecular weight is 526 g/mol. The highest BCUT2D eigenvalue weighted by Crippen LogP contribution is 2.18. The van der Waals surface area contributed by atoms with Crippen LogP contribution in [-0.4, -0.2) is 52.3 Å². The molecule has 0 bridgehead atoms. The number of hydrogen-bond acceptors (Lipinski definition) is 4. The number of ether oxygens (including phenoxy) is 2. The van der Waals surface area contributed by atoms with Gasteiger partial charge in [-0.2, -0.15) is 0 Å². The molecule has 0 atom stereocenters. The third kappa shape index (κ3) is 8.89. The van der Waals surface area contributed by atoms with Gasteiger partial charge in [0.05, 0.1) is 13.7 Å². The third-order valence-electron chi connectivity index (χ3n) is 4.14. The molecule has 0 fully saturated rings. The first kappa shape index (κ1) is 25.5. The number of methoxy groups -OCH3 is 1. The Morgan fingerprint density at radius 2 is 1.83 bits per heavy atom. The van der Waals surface area contributed by atoms with E-state index in [1.807, 2.05) is 49.4 Å². The maximum atomic E-state index is 11.7. The van der Waals surface area contributed by atoms with Crippen LogP contribution in [0.3, 0.4) is 0 Å². The fourth-order valence-corrected chi connectivity index (χ4v) is 2.68. The molecule has 2 aromatic rings. The molecule has 7 nitrogen and oxygen atoms in total. The molecule has 0 radical (unpaired) electrons. The lowest BCUT2D eigenvalue weighted by Crippen LogP contribution is -2.39. The van der Waals surface area contributed by atoms with Gasteiger partial charge < -0.3 is 25.4 Å². The van der Waals surface area contributed by atoms with Crippen LogP contribution in [0.5, 0.6) is 11.5 Å². The van der Waals surface area contributed by atoms with E-state index >= 15 is 0 Å². The molecular formula is C22H31IN4O3. The predicted molar refractivity (Wildman–Crippen MR) is 131 cm³/mol. The maximum Gasteiger partial charge on any atom is 0.251 e. The van der Waals surface area contributed by atoms with Crippen molar-refractivity contribution in [3.8, 4) is 11.5 Å². The fourth-order valence-electron chi connectivity index (χ4n) is 2.68. The number of nitrogens with zero attached hydrogens (tertiary/aromatic N) is 1. The first-order chi connectivity index (χ1) is 14.2. The van der Waals surface area contributed by atoms with Crippen molar-refractivity contribution in [3.63, 3.8) is 0 Å². The van der Waals surface area contributed by atoms with Crippen LogP contribution >= 0.6 is 24.0 Å². The Labute approximate surface area is 195 Å². The molecule has 0 saturated carbocycles. The molecule has 30 heavy (non-hydrogen) atoms. The van der Waals surface area contributed by atoms with Gasteiger partial charge >= 0.3 is 0 Å². The molecule has 0 aliphatic heterocycles. The van der Waals surface area contributed by atoms with Gasteiger partial charge in [0.2, 0.25) is 0 Å². The summed E-state index contributed by atoms with van der Waals surface area (Å²) < 4.78 is 10.9. The van der Waals surface area contributed by atoms with E-state index in [4.69, 9.17) is 9.47 Å². The Bertz CT molecular complexity index is 814. The average Bonchev–Trinajstić information content (AvgIpc) is 2.76. The Morgan fingerprint density at radius 1 is 1.07 bits per heavy atom. The first-order valence-corrected chi connectivity index (χ1v) is 9.76. The van der Waals surface area contributed by atoms with Crippen molar-refractivity contribution in [2.45, 2.75) is 13.3 Å². The van der Waals surface area contributed by atoms with Crippen LogP contribution in [0.2, 0.25) is 0 Å². The summed E-state index contributed by atoms with van der Waals surface area (Å²) in [5.74, 6) is 2.19. The molecule has 164 valence electrons. The summed E-state index contributed by atoms with van der Waals surface area (Å²) >= 11 is 0. The van der Waals surface area contributed by atoms with Crippen molar-refractivity contribution in [2.24, 2.45) is 4.99 Å². The predicted octanol–water partition coefficient (Wildman–Crippen LogP) is 2.85. The minimum absolute atomic E-state index is 0. The van der Waals surface area contributed by atoms with Gasteiger partial charge in [-0.1, -0.05) is 18.2 Å². The van der Waals surface area contributed by atoms with E-state index in [1.54, 1.807) is 20.2 Å². The molecule has 2 aromatic carbocycles. The minimum Gasteiger partial charge on any atom is -0.497 e. The molecule has 3 N–H and O–H groups in total. The first-order valence-electron chi connectivity index (χ1n) is 9.76. The summed E-state index contributed by atoms with van der Waals surface area (Å²) in [6.45, 7) is 4.54. The number of carbonyl (C=O) groups is 1. The zero-order valence-electron chi connectivity index (χ0n) is 17.7. The number of carbonyl (C=O) groups excluding carboxylic acids is 1. The largest absolute Gasteiger partial charge is 0.497 e. The van der Waals surface area contributed by atoms with Crippen LogP contribution in [0.15, 0.2) is 53.5 Å². The maximum absolute atomic E-state index is 11.7. The molecule has 0 unspecified atom stereocenters. The van der Waals surface area contributed by atoms with E-state index in [9.17, 15) is 4.79 Å². The lowest BCUT2D eigenvalue weighted by Gasteiger charge is -2.12. The van der Waals surface area contributed by atoms with Gasteiger partial charge in [-0.25, -0.2) is 0 Å². The van der Waals surface area contributed by atoms with Gasteiger partial charge in [0, 0.05) is 31.8 Å². The van der Waals surface area contributed by atoms with Gasteiger partial charge in [0.15, 0.2) is 5.96 Å². The van der Waals surface area contributed by atoms with Crippen molar-refractivity contribution < 1.29 is 14.3 Å². The van der Waals surface area contributed by atoms with Crippen molar-refractivity contribution in [2.75, 3.05) is 40.4 Å². The number of nitrogens with one attached hydrogen (secondary N) is 3. The summed E-state index contributed by atoms with van der Waals surface area (Å²) in [6, 6.07) is 15.1. The second kappa shape index (κ2) is 14.5. The number of rotatable bonds is 10. The second-order valence-corrected chi connectivity index (χ2v) is 6.24. The van der Waals surface area contributed by atoms with Gasteiger partial charge in [-0.3, -0.25) is 9.79 Å². The van der Waals surface area contributed by atoms with Gasteiger partial charge in [0.25, 0.3) is 5.91 Å². The Balaban J connectivity index is 0.00000450. The fraction of sp³-hybridized carbons (Fsp3) is 0.364. The summed E-state index contributed by atoms with van der Waals surface area (Å²) in [5, 5.41) is 9.13. The quantitative estimate of drug-likeness (QED) is 0.192. The van der Waals surface area contributed by atoms with Crippen LogP contribution in [0, 0.1) is 0 Å². The lowest BCUT2D eigenvalue weighted by molar-refractivity contribution is 0.0963. The van der Waals surface area contributed by atoms with E-state index < -0.39 is 0 Å². The molecule has 8 heteroatoms. The zero-order valence-corrected chi connectivity index (χ0v) is 20.1. The Hall–Kier alpha value is -2.49. The molecule has 0 heterocycles. The van der Waals surface area contributed by atoms with Crippen LogP contribution in [0.4, 0.5) is 0 Å². The third-order valence-corrected chi connectivity index (χ3v) is 4.14. The summed E-state index contributed by atoms with van der Waals surface area (Å²) in [7, 11) is 3.26. The van der Waals surface area contributed by atoms with E-state index in [1.165, 1.54) is 0 Å². The van der Waals surface area contributed by atoms with Crippen molar-refractivity contribution in [1.29, 1.82) is 0 Å². The van der Waals surface area contributed by atoms with Gasteiger partial charge in [0.1, 0.15) is 18.1 Å². The molecule has 0 aliphatic rings. The summed E-state index contributed by atoms with van der Waals surface area (Å²) in [5.41, 5.74) is 1.74. The Kier molecular flexibility index (Phi) is 12.3. The highest BCUT2D eigenvalue weighted by Gasteiger charge is 2.04. The molecule has 0 spiro atoms. The summed E-state index contributed by atoms with van der Waals surface area (Å²) in [4.78, 5) is 16.3. The highest BCUT2D eigenvalue weighted by molar-refractivity contribution is 14.0. The standard InChI is InChI=1S/C22H30N4O3.HI/c1-4-24-22(26-13-14-29-20-10-6-9-19(16-20)28-3)25-12-11-17-7-5-8-18(15-17)21(27)23-2;/h5-10,15-16H,4,11-14H2,1-3H3,(H,23,27)(H2,24,25,26);1H. The summed E-state index contributed by atoms with van der Waals surface area (Å²) in [6.07, 6.45) is 0.752. The lowest BCUT2D eigenvalue weighted by atomic mass is 10.1. The van der Waals surface area contributed by atoms with Crippen LogP contribution in [0.1, 0.15) is 22.8 Å². The minimum atomic E-state index is -0.0820. The highest BCUT2D eigenvalue weighted by atomic mass is 127. The van der Waals surface area contributed by atoms with Crippen molar-refractivity contribution >= 4 is 35.8 Å². The Morgan fingerprint density at radius 3 is 2.57 bits per heavy atom. The van der Waals surface area contributed by atoms with Crippen LogP contribution < -0.4 is 25.4 Å². The zero-order chi connectivity index (χ0) is 20.9. The molecule has 0 saturated heterocycles. The SMILES string of the molecule is CCNC(=NCCc1cccc(C(=O)NC)c1)NCCOc1cccc(OC)c1.I. The van der Waals surface area contributed by atoms with Crippen LogP contribution in [-0.2, 0) is 6.42 Å². The van der Waals surface area contributed by atoms with E-state index in [0.29, 0.717) is 25.3 Å². The van der Waals surface area contributed by atoms with Crippen LogP contribution in [0.25, 0.3) is 0 Å². The topological polar surface area (TPSA) is 84.0 Å².